The van der Waals surface area contributed by atoms with E-state index in [0.29, 0.717) is 19.1 Å². The molecule has 15 heavy (non-hydrogen) atoms. The van der Waals surface area contributed by atoms with Crippen molar-refractivity contribution in [2.24, 2.45) is 5.92 Å². The zero-order valence-electron chi connectivity index (χ0n) is 9.99. The third kappa shape index (κ3) is 11.1. The maximum Gasteiger partial charge on any atom is 0.302 e. The second-order valence-corrected chi connectivity index (χ2v) is 3.67. The van der Waals surface area contributed by atoms with Crippen molar-refractivity contribution in [3.63, 3.8) is 0 Å². The standard InChI is InChI=1S/C12H22O3/c1-4-5-6-7-11(2)10-14-8-9-15-12(3)13/h4-5,11H,6-10H2,1-3H3. The summed E-state index contributed by atoms with van der Waals surface area (Å²) < 4.78 is 10.1. The van der Waals surface area contributed by atoms with Gasteiger partial charge in [-0.1, -0.05) is 19.1 Å². The van der Waals surface area contributed by atoms with Gasteiger partial charge in [-0.25, -0.2) is 0 Å². The maximum atomic E-state index is 10.4. The molecular formula is C12H22O3. The fourth-order valence-corrected chi connectivity index (χ4v) is 1.16. The molecule has 88 valence electrons. The molecule has 1 unspecified atom stereocenters. The zero-order valence-corrected chi connectivity index (χ0v) is 9.99. The first-order chi connectivity index (χ1) is 7.16. The maximum absolute atomic E-state index is 10.4. The van der Waals surface area contributed by atoms with Crippen molar-refractivity contribution in [1.82, 2.24) is 0 Å². The van der Waals surface area contributed by atoms with Crippen LogP contribution in [0.5, 0.6) is 0 Å². The monoisotopic (exact) mass is 214 g/mol. The van der Waals surface area contributed by atoms with Crippen molar-refractivity contribution < 1.29 is 14.3 Å². The van der Waals surface area contributed by atoms with Crippen molar-refractivity contribution in [3.8, 4) is 0 Å². The molecule has 0 saturated carbocycles. The van der Waals surface area contributed by atoms with Crippen LogP contribution < -0.4 is 0 Å². The van der Waals surface area contributed by atoms with E-state index in [1.54, 1.807) is 0 Å². The van der Waals surface area contributed by atoms with Crippen LogP contribution in [-0.4, -0.2) is 25.8 Å². The molecule has 3 heteroatoms. The molecule has 0 amide bonds. The minimum Gasteiger partial charge on any atom is -0.463 e. The number of hydrogen-bond donors (Lipinski definition) is 0. The Balaban J connectivity index is 3.23. The van der Waals surface area contributed by atoms with Gasteiger partial charge in [-0.15, -0.1) is 0 Å². The van der Waals surface area contributed by atoms with Crippen molar-refractivity contribution >= 4 is 5.97 Å². The number of carbonyl (C=O) groups excluding carboxylic acids is 1. The highest BCUT2D eigenvalue weighted by Crippen LogP contribution is 2.06. The van der Waals surface area contributed by atoms with Gasteiger partial charge in [0.15, 0.2) is 0 Å². The van der Waals surface area contributed by atoms with E-state index < -0.39 is 0 Å². The number of hydrogen-bond acceptors (Lipinski definition) is 3. The lowest BCUT2D eigenvalue weighted by molar-refractivity contribution is -0.142. The van der Waals surface area contributed by atoms with Crippen molar-refractivity contribution in [3.05, 3.63) is 12.2 Å². The van der Waals surface area contributed by atoms with Gasteiger partial charge in [0.25, 0.3) is 0 Å². The molecule has 0 heterocycles. The minimum atomic E-state index is -0.250. The van der Waals surface area contributed by atoms with Crippen LogP contribution in [-0.2, 0) is 14.3 Å². The van der Waals surface area contributed by atoms with Crippen LogP contribution in [0.1, 0.15) is 33.6 Å². The molecule has 0 N–H and O–H groups in total. The van der Waals surface area contributed by atoms with Crippen molar-refractivity contribution in [1.29, 1.82) is 0 Å². The minimum absolute atomic E-state index is 0.250. The normalized spacial score (nSPS) is 13.0. The molecule has 0 aliphatic rings. The summed E-state index contributed by atoms with van der Waals surface area (Å²) in [7, 11) is 0. The number of carbonyl (C=O) groups is 1. The Morgan fingerprint density at radius 1 is 1.40 bits per heavy atom. The van der Waals surface area contributed by atoms with Crippen LogP contribution in [0, 0.1) is 5.92 Å². The Morgan fingerprint density at radius 3 is 2.73 bits per heavy atom. The zero-order chi connectivity index (χ0) is 11.5. The fraction of sp³-hybridized carbons (Fsp3) is 0.750. The van der Waals surface area contributed by atoms with Crippen LogP contribution in [0.2, 0.25) is 0 Å². The predicted molar refractivity (Wildman–Crippen MR) is 60.7 cm³/mol. The van der Waals surface area contributed by atoms with Gasteiger partial charge in [0.2, 0.25) is 0 Å². The molecular weight excluding hydrogens is 192 g/mol. The van der Waals surface area contributed by atoms with Crippen LogP contribution in [0.4, 0.5) is 0 Å². The van der Waals surface area contributed by atoms with Gasteiger partial charge in [0.1, 0.15) is 6.61 Å². The highest BCUT2D eigenvalue weighted by atomic mass is 16.6. The van der Waals surface area contributed by atoms with Crippen LogP contribution in [0.15, 0.2) is 12.2 Å². The third-order valence-electron chi connectivity index (χ3n) is 2.00. The highest BCUT2D eigenvalue weighted by molar-refractivity contribution is 5.65. The van der Waals surface area contributed by atoms with Gasteiger partial charge in [-0.2, -0.15) is 0 Å². The smallest absolute Gasteiger partial charge is 0.302 e. The second-order valence-electron chi connectivity index (χ2n) is 3.67. The average molecular weight is 214 g/mol. The molecule has 0 aromatic heterocycles. The van der Waals surface area contributed by atoms with Gasteiger partial charge >= 0.3 is 5.97 Å². The lowest BCUT2D eigenvalue weighted by Crippen LogP contribution is -2.11. The summed E-state index contributed by atoms with van der Waals surface area (Å²) in [5.41, 5.74) is 0. The van der Waals surface area contributed by atoms with E-state index in [2.05, 4.69) is 19.1 Å². The second kappa shape index (κ2) is 9.71. The first kappa shape index (κ1) is 14.2. The van der Waals surface area contributed by atoms with Gasteiger partial charge in [0, 0.05) is 13.5 Å². The molecule has 3 nitrogen and oxygen atoms in total. The summed E-state index contributed by atoms with van der Waals surface area (Å²) in [5, 5.41) is 0. The number of esters is 1. The van der Waals surface area contributed by atoms with Gasteiger partial charge in [0.05, 0.1) is 6.61 Å². The lowest BCUT2D eigenvalue weighted by atomic mass is 10.1. The first-order valence-corrected chi connectivity index (χ1v) is 5.49. The van der Waals surface area contributed by atoms with E-state index in [-0.39, 0.29) is 5.97 Å². The molecule has 0 rings (SSSR count). The molecule has 0 aromatic rings. The van der Waals surface area contributed by atoms with E-state index >= 15 is 0 Å². The average Bonchev–Trinajstić information content (AvgIpc) is 2.17. The van der Waals surface area contributed by atoms with E-state index in [1.165, 1.54) is 6.92 Å². The molecule has 0 aromatic carbocycles. The Labute approximate surface area is 92.5 Å². The largest absolute Gasteiger partial charge is 0.463 e. The Kier molecular flexibility index (Phi) is 9.18. The summed E-state index contributed by atoms with van der Waals surface area (Å²) in [4.78, 5) is 10.4. The molecule has 0 saturated heterocycles. The van der Waals surface area contributed by atoms with Crippen LogP contribution in [0.25, 0.3) is 0 Å². The summed E-state index contributed by atoms with van der Waals surface area (Å²) in [6, 6.07) is 0. The van der Waals surface area contributed by atoms with Gasteiger partial charge in [-0.05, 0) is 25.7 Å². The van der Waals surface area contributed by atoms with E-state index in [0.717, 1.165) is 19.4 Å². The number of ether oxygens (including phenoxy) is 2. The molecule has 1 atom stereocenters. The number of rotatable bonds is 8. The summed E-state index contributed by atoms with van der Waals surface area (Å²) in [6.45, 7) is 7.18. The van der Waals surface area contributed by atoms with E-state index in [1.807, 2.05) is 6.92 Å². The van der Waals surface area contributed by atoms with E-state index in [4.69, 9.17) is 9.47 Å². The van der Waals surface area contributed by atoms with Crippen molar-refractivity contribution in [2.45, 2.75) is 33.6 Å². The van der Waals surface area contributed by atoms with Crippen LogP contribution >= 0.6 is 0 Å². The predicted octanol–water partition coefficient (Wildman–Crippen LogP) is 2.56. The molecule has 0 fully saturated rings. The fourth-order valence-electron chi connectivity index (χ4n) is 1.16. The first-order valence-electron chi connectivity index (χ1n) is 5.49. The number of allylic oxidation sites excluding steroid dienone is 2. The molecule has 0 radical (unpaired) electrons. The SMILES string of the molecule is CC=CCCC(C)COCCOC(C)=O. The third-order valence-corrected chi connectivity index (χ3v) is 2.00. The van der Waals surface area contributed by atoms with E-state index in [9.17, 15) is 4.79 Å². The highest BCUT2D eigenvalue weighted by Gasteiger charge is 2.01. The molecule has 0 spiro atoms. The summed E-state index contributed by atoms with van der Waals surface area (Å²) in [5.74, 6) is 0.304. The topological polar surface area (TPSA) is 35.5 Å². The summed E-state index contributed by atoms with van der Waals surface area (Å²) >= 11 is 0. The Bertz CT molecular complexity index is 187. The Morgan fingerprint density at radius 2 is 2.13 bits per heavy atom. The summed E-state index contributed by atoms with van der Waals surface area (Å²) in [6.07, 6.45) is 6.46. The molecule has 0 aliphatic heterocycles. The molecule has 0 bridgehead atoms. The molecule has 0 aliphatic carbocycles. The van der Waals surface area contributed by atoms with Crippen LogP contribution in [0.3, 0.4) is 0 Å². The van der Waals surface area contributed by atoms with Crippen molar-refractivity contribution in [2.75, 3.05) is 19.8 Å². The lowest BCUT2D eigenvalue weighted by Gasteiger charge is -2.10. The Hall–Kier alpha value is -0.830. The quantitative estimate of drug-likeness (QED) is 0.354. The van der Waals surface area contributed by atoms with Gasteiger partial charge < -0.3 is 9.47 Å². The van der Waals surface area contributed by atoms with Gasteiger partial charge in [-0.3, -0.25) is 4.79 Å².